The van der Waals surface area contributed by atoms with Crippen molar-refractivity contribution < 1.29 is 19.1 Å². The summed E-state index contributed by atoms with van der Waals surface area (Å²) in [5.41, 5.74) is 1.92. The fourth-order valence-electron chi connectivity index (χ4n) is 3.08. The number of hydrogen-bond acceptors (Lipinski definition) is 5. The van der Waals surface area contributed by atoms with Crippen molar-refractivity contribution in [2.45, 2.75) is 33.3 Å². The third-order valence-electron chi connectivity index (χ3n) is 4.91. The monoisotopic (exact) mass is 458 g/mol. The minimum atomic E-state index is -0.574. The van der Waals surface area contributed by atoms with Crippen LogP contribution in [0.5, 0.6) is 11.5 Å². The van der Waals surface area contributed by atoms with Gasteiger partial charge in [0.1, 0.15) is 5.57 Å². The molecule has 1 unspecified atom stereocenters. The number of methoxy groups -OCH3 is 1. The SMILES string of the molecule is CCC(C)Oc1c(Cl)cc(/C=C2\C(=O)NC(=S)N(c3ccccc3C)C2=O)cc1OC. The van der Waals surface area contributed by atoms with Gasteiger partial charge in [-0.25, -0.2) is 0 Å². The number of para-hydroxylation sites is 1. The number of nitrogens with one attached hydrogen (secondary N) is 1. The molecular weight excluding hydrogens is 436 g/mol. The summed E-state index contributed by atoms with van der Waals surface area (Å²) >= 11 is 11.7. The van der Waals surface area contributed by atoms with Crippen LogP contribution in [0.1, 0.15) is 31.4 Å². The van der Waals surface area contributed by atoms with Crippen molar-refractivity contribution in [2.24, 2.45) is 0 Å². The molecule has 162 valence electrons. The molecule has 0 radical (unpaired) electrons. The second-order valence-corrected chi connectivity index (χ2v) is 7.91. The molecule has 1 atom stereocenters. The zero-order valence-electron chi connectivity index (χ0n) is 17.7. The van der Waals surface area contributed by atoms with Crippen LogP contribution in [0.4, 0.5) is 5.69 Å². The lowest BCUT2D eigenvalue weighted by atomic mass is 10.1. The van der Waals surface area contributed by atoms with Crippen LogP contribution in [-0.4, -0.2) is 30.1 Å². The highest BCUT2D eigenvalue weighted by molar-refractivity contribution is 7.80. The van der Waals surface area contributed by atoms with Crippen molar-refractivity contribution in [3.8, 4) is 11.5 Å². The Morgan fingerprint density at radius 3 is 2.61 bits per heavy atom. The minimum Gasteiger partial charge on any atom is -0.493 e. The number of halogens is 1. The number of hydrogen-bond donors (Lipinski definition) is 1. The Kier molecular flexibility index (Phi) is 6.97. The van der Waals surface area contributed by atoms with E-state index in [1.165, 1.54) is 18.1 Å². The molecule has 1 saturated heterocycles. The molecule has 0 spiro atoms. The number of carbonyl (C=O) groups excluding carboxylic acids is 2. The topological polar surface area (TPSA) is 67.9 Å². The van der Waals surface area contributed by atoms with E-state index in [4.69, 9.17) is 33.3 Å². The van der Waals surface area contributed by atoms with Crippen LogP contribution in [0, 0.1) is 6.92 Å². The summed E-state index contributed by atoms with van der Waals surface area (Å²) in [4.78, 5) is 27.1. The number of anilines is 1. The highest BCUT2D eigenvalue weighted by Gasteiger charge is 2.35. The van der Waals surface area contributed by atoms with Crippen molar-refractivity contribution in [1.82, 2.24) is 5.32 Å². The molecule has 1 aliphatic rings. The van der Waals surface area contributed by atoms with Crippen LogP contribution in [0.15, 0.2) is 42.0 Å². The molecule has 3 rings (SSSR count). The van der Waals surface area contributed by atoms with Crippen LogP contribution in [0.3, 0.4) is 0 Å². The molecule has 0 aliphatic carbocycles. The van der Waals surface area contributed by atoms with Gasteiger partial charge in [-0.05, 0) is 67.9 Å². The first-order valence-corrected chi connectivity index (χ1v) is 10.6. The number of ether oxygens (including phenoxy) is 2. The second-order valence-electron chi connectivity index (χ2n) is 7.12. The molecule has 31 heavy (non-hydrogen) atoms. The Balaban J connectivity index is 2.03. The Morgan fingerprint density at radius 2 is 1.97 bits per heavy atom. The first-order chi connectivity index (χ1) is 14.8. The fraction of sp³-hybridized carbons (Fsp3) is 0.261. The summed E-state index contributed by atoms with van der Waals surface area (Å²) in [5.74, 6) is -0.259. The molecule has 6 nitrogen and oxygen atoms in total. The average Bonchev–Trinajstić information content (AvgIpc) is 2.73. The summed E-state index contributed by atoms with van der Waals surface area (Å²) < 4.78 is 11.3. The van der Waals surface area contributed by atoms with E-state index in [9.17, 15) is 9.59 Å². The van der Waals surface area contributed by atoms with E-state index in [0.29, 0.717) is 27.8 Å². The maximum Gasteiger partial charge on any atom is 0.270 e. The van der Waals surface area contributed by atoms with Gasteiger partial charge >= 0.3 is 0 Å². The highest BCUT2D eigenvalue weighted by Crippen LogP contribution is 2.38. The van der Waals surface area contributed by atoms with Gasteiger partial charge in [0.05, 0.1) is 23.9 Å². The first-order valence-electron chi connectivity index (χ1n) is 9.78. The number of aryl methyl sites for hydroxylation is 1. The molecule has 1 aliphatic heterocycles. The minimum absolute atomic E-state index is 0.0364. The van der Waals surface area contributed by atoms with Gasteiger partial charge < -0.3 is 9.47 Å². The van der Waals surface area contributed by atoms with Gasteiger partial charge in [-0.1, -0.05) is 36.7 Å². The lowest BCUT2D eigenvalue weighted by Crippen LogP contribution is -2.54. The van der Waals surface area contributed by atoms with Crippen LogP contribution >= 0.6 is 23.8 Å². The number of rotatable bonds is 6. The van der Waals surface area contributed by atoms with Gasteiger partial charge in [0.2, 0.25) is 0 Å². The van der Waals surface area contributed by atoms with Crippen molar-refractivity contribution in [1.29, 1.82) is 0 Å². The molecule has 1 fully saturated rings. The number of carbonyl (C=O) groups is 2. The molecule has 1 heterocycles. The van der Waals surface area contributed by atoms with Crippen molar-refractivity contribution in [2.75, 3.05) is 12.0 Å². The second kappa shape index (κ2) is 9.49. The number of nitrogens with zero attached hydrogens (tertiary/aromatic N) is 1. The number of benzene rings is 2. The Labute approximate surface area is 191 Å². The summed E-state index contributed by atoms with van der Waals surface area (Å²) in [6, 6.07) is 10.6. The largest absolute Gasteiger partial charge is 0.493 e. The van der Waals surface area contributed by atoms with Crippen LogP contribution < -0.4 is 19.7 Å². The maximum absolute atomic E-state index is 13.2. The van der Waals surface area contributed by atoms with Crippen molar-refractivity contribution >= 4 is 52.5 Å². The van der Waals surface area contributed by atoms with Crippen molar-refractivity contribution in [3.05, 3.63) is 58.1 Å². The van der Waals surface area contributed by atoms with Gasteiger partial charge in [0.15, 0.2) is 16.6 Å². The standard InChI is InChI=1S/C23H23ClN2O4S/c1-5-14(3)30-20-17(24)11-15(12-19(20)29-4)10-16-21(27)25-23(31)26(22(16)28)18-9-7-6-8-13(18)2/h6-12,14H,5H2,1-4H3,(H,25,27,31)/b16-10+. The summed E-state index contributed by atoms with van der Waals surface area (Å²) in [6.45, 7) is 5.80. The molecule has 2 aromatic rings. The van der Waals surface area contributed by atoms with E-state index in [0.717, 1.165) is 12.0 Å². The maximum atomic E-state index is 13.2. The lowest BCUT2D eigenvalue weighted by Gasteiger charge is -2.30. The Hall–Kier alpha value is -2.90. The van der Waals surface area contributed by atoms with Gasteiger partial charge in [-0.15, -0.1) is 0 Å². The zero-order valence-corrected chi connectivity index (χ0v) is 19.3. The molecule has 0 saturated carbocycles. The first kappa shape index (κ1) is 22.8. The lowest BCUT2D eigenvalue weighted by molar-refractivity contribution is -0.122. The number of amides is 2. The van der Waals surface area contributed by atoms with Gasteiger partial charge in [0.25, 0.3) is 11.8 Å². The zero-order chi connectivity index (χ0) is 22.7. The average molecular weight is 459 g/mol. The smallest absolute Gasteiger partial charge is 0.270 e. The van der Waals surface area contributed by atoms with Crippen LogP contribution in [0.2, 0.25) is 5.02 Å². The van der Waals surface area contributed by atoms with E-state index in [-0.39, 0.29) is 16.8 Å². The van der Waals surface area contributed by atoms with E-state index >= 15 is 0 Å². The van der Waals surface area contributed by atoms with E-state index < -0.39 is 11.8 Å². The van der Waals surface area contributed by atoms with Crippen LogP contribution in [-0.2, 0) is 9.59 Å². The summed E-state index contributed by atoms with van der Waals surface area (Å²) in [6.07, 6.45) is 2.21. The van der Waals surface area contributed by atoms with E-state index in [1.54, 1.807) is 24.3 Å². The summed E-state index contributed by atoms with van der Waals surface area (Å²) in [5, 5.41) is 2.94. The molecule has 2 aromatic carbocycles. The van der Waals surface area contributed by atoms with E-state index in [1.807, 2.05) is 32.9 Å². The molecule has 0 bridgehead atoms. The van der Waals surface area contributed by atoms with Gasteiger partial charge in [0, 0.05) is 0 Å². The Bertz CT molecular complexity index is 1080. The molecule has 2 amide bonds. The van der Waals surface area contributed by atoms with Gasteiger partial charge in [-0.2, -0.15) is 0 Å². The highest BCUT2D eigenvalue weighted by atomic mass is 35.5. The molecule has 0 aromatic heterocycles. The predicted octanol–water partition coefficient (Wildman–Crippen LogP) is 4.67. The predicted molar refractivity (Wildman–Crippen MR) is 126 cm³/mol. The molecule has 8 heteroatoms. The number of thiocarbonyl (C=S) groups is 1. The Morgan fingerprint density at radius 1 is 1.26 bits per heavy atom. The quantitative estimate of drug-likeness (QED) is 0.387. The van der Waals surface area contributed by atoms with Crippen molar-refractivity contribution in [3.63, 3.8) is 0 Å². The third kappa shape index (κ3) is 4.73. The molecular formula is C23H23ClN2O4S. The fourth-order valence-corrected chi connectivity index (χ4v) is 3.62. The van der Waals surface area contributed by atoms with E-state index in [2.05, 4.69) is 5.32 Å². The third-order valence-corrected chi connectivity index (χ3v) is 5.48. The normalized spacial score (nSPS) is 16.4. The summed E-state index contributed by atoms with van der Waals surface area (Å²) in [7, 11) is 1.50. The van der Waals surface area contributed by atoms with Crippen LogP contribution in [0.25, 0.3) is 6.08 Å². The van der Waals surface area contributed by atoms with Gasteiger partial charge in [-0.3, -0.25) is 19.8 Å². The molecule has 1 N–H and O–H groups in total.